The highest BCUT2D eigenvalue weighted by atomic mass is 15.1. The highest BCUT2D eigenvalue weighted by Crippen LogP contribution is 2.29. The molecule has 0 aromatic heterocycles. The van der Waals surface area contributed by atoms with Gasteiger partial charge >= 0.3 is 0 Å². The maximum absolute atomic E-state index is 2.39. The van der Waals surface area contributed by atoms with Crippen molar-refractivity contribution >= 4 is 0 Å². The van der Waals surface area contributed by atoms with Crippen LogP contribution in [0.2, 0.25) is 0 Å². The van der Waals surface area contributed by atoms with Gasteiger partial charge in [0.1, 0.15) is 0 Å². The zero-order valence-electron chi connectivity index (χ0n) is 6.16. The van der Waals surface area contributed by atoms with Crippen LogP contribution >= 0.6 is 0 Å². The van der Waals surface area contributed by atoms with Gasteiger partial charge in [-0.05, 0) is 31.0 Å². The largest absolute Gasteiger partial charge is 0.373 e. The molecule has 54 valence electrons. The van der Waals surface area contributed by atoms with Gasteiger partial charge in [-0.3, -0.25) is 0 Å². The smallest absolute Gasteiger partial charge is 0.0357 e. The monoisotopic (exact) mass is 135 g/mol. The lowest BCUT2D eigenvalue weighted by Crippen LogP contribution is -2.21. The van der Waals surface area contributed by atoms with Gasteiger partial charge in [-0.15, -0.1) is 0 Å². The predicted molar refractivity (Wildman–Crippen MR) is 42.6 cm³/mol. The highest BCUT2D eigenvalue weighted by molar-refractivity contribution is 5.08. The van der Waals surface area contributed by atoms with E-state index in [0.29, 0.717) is 0 Å². The Bertz CT molecular complexity index is 166. The van der Waals surface area contributed by atoms with E-state index in [9.17, 15) is 0 Å². The maximum Gasteiger partial charge on any atom is 0.0357 e. The second kappa shape index (κ2) is 2.49. The number of hydrogen-bond acceptors (Lipinski definition) is 1. The van der Waals surface area contributed by atoms with E-state index in [1.54, 1.807) is 0 Å². The van der Waals surface area contributed by atoms with Gasteiger partial charge in [0.15, 0.2) is 0 Å². The Morgan fingerprint density at radius 3 is 2.80 bits per heavy atom. The van der Waals surface area contributed by atoms with Crippen LogP contribution in [0.5, 0.6) is 0 Å². The van der Waals surface area contributed by atoms with Gasteiger partial charge in [-0.2, -0.15) is 0 Å². The third kappa shape index (κ3) is 1.41. The van der Waals surface area contributed by atoms with Crippen LogP contribution in [0.3, 0.4) is 0 Å². The molecule has 0 spiro atoms. The van der Waals surface area contributed by atoms with Crippen LogP contribution in [0.25, 0.3) is 0 Å². The fourth-order valence-electron chi connectivity index (χ4n) is 1.27. The average molecular weight is 135 g/mol. The second-order valence-electron chi connectivity index (χ2n) is 3.17. The summed E-state index contributed by atoms with van der Waals surface area (Å²) in [5, 5.41) is 0. The maximum atomic E-state index is 2.39. The van der Waals surface area contributed by atoms with E-state index in [4.69, 9.17) is 0 Å². The van der Waals surface area contributed by atoms with E-state index < -0.39 is 0 Å². The lowest BCUT2D eigenvalue weighted by molar-refractivity contribution is 0.392. The molecule has 1 fully saturated rings. The van der Waals surface area contributed by atoms with Crippen LogP contribution in [-0.4, -0.2) is 18.0 Å². The minimum atomic E-state index is 1.01. The summed E-state index contributed by atoms with van der Waals surface area (Å²) in [6, 6.07) is 0. The molecule has 1 nitrogen and oxygen atoms in total. The standard InChI is InChI=1S/C9H13N/c1-2-6-10(7-3-1)8-9-4-5-9/h1-3,6,9H,4-5,7-8H2. The molecule has 0 aromatic carbocycles. The van der Waals surface area contributed by atoms with E-state index in [1.807, 2.05) is 0 Å². The first-order chi connectivity index (χ1) is 4.95. The summed E-state index contributed by atoms with van der Waals surface area (Å²) < 4.78 is 0. The fourth-order valence-corrected chi connectivity index (χ4v) is 1.27. The molecule has 0 amide bonds. The normalized spacial score (nSPS) is 23.8. The second-order valence-corrected chi connectivity index (χ2v) is 3.17. The summed E-state index contributed by atoms with van der Waals surface area (Å²) in [6.07, 6.45) is 11.5. The Balaban J connectivity index is 1.81. The predicted octanol–water partition coefficient (Wildman–Crippen LogP) is 1.78. The van der Waals surface area contributed by atoms with Crippen molar-refractivity contribution in [2.45, 2.75) is 12.8 Å². The topological polar surface area (TPSA) is 3.24 Å². The van der Waals surface area contributed by atoms with E-state index >= 15 is 0 Å². The summed E-state index contributed by atoms with van der Waals surface area (Å²) in [5.74, 6) is 1.01. The van der Waals surface area contributed by atoms with Crippen LogP contribution < -0.4 is 0 Å². The molecule has 0 atom stereocenters. The molecule has 0 bridgehead atoms. The minimum Gasteiger partial charge on any atom is -0.373 e. The highest BCUT2D eigenvalue weighted by Gasteiger charge is 2.22. The third-order valence-electron chi connectivity index (χ3n) is 2.07. The molecule has 1 aliphatic heterocycles. The molecule has 1 saturated carbocycles. The van der Waals surface area contributed by atoms with Crippen molar-refractivity contribution in [3.63, 3.8) is 0 Å². The third-order valence-corrected chi connectivity index (χ3v) is 2.07. The average Bonchev–Trinajstić information content (AvgIpc) is 2.74. The molecule has 1 heteroatoms. The Hall–Kier alpha value is -0.720. The summed E-state index contributed by atoms with van der Waals surface area (Å²) in [7, 11) is 0. The molecular formula is C9H13N. The molecule has 10 heavy (non-hydrogen) atoms. The van der Waals surface area contributed by atoms with E-state index in [2.05, 4.69) is 29.3 Å². The van der Waals surface area contributed by atoms with Gasteiger partial charge < -0.3 is 4.90 Å². The summed E-state index contributed by atoms with van der Waals surface area (Å²) in [5.41, 5.74) is 0. The molecule has 2 aliphatic rings. The Morgan fingerprint density at radius 1 is 1.30 bits per heavy atom. The van der Waals surface area contributed by atoms with Crippen molar-refractivity contribution < 1.29 is 0 Å². The zero-order chi connectivity index (χ0) is 6.81. The van der Waals surface area contributed by atoms with Gasteiger partial charge in [0.05, 0.1) is 0 Å². The van der Waals surface area contributed by atoms with Crippen LogP contribution in [0.15, 0.2) is 24.4 Å². The van der Waals surface area contributed by atoms with Crippen LogP contribution in [0.4, 0.5) is 0 Å². The molecule has 0 aromatic rings. The molecule has 2 rings (SSSR count). The van der Waals surface area contributed by atoms with Crippen molar-refractivity contribution in [2.75, 3.05) is 13.1 Å². The summed E-state index contributed by atoms with van der Waals surface area (Å²) in [6.45, 7) is 2.40. The number of rotatable bonds is 2. The van der Waals surface area contributed by atoms with Crippen molar-refractivity contribution in [3.8, 4) is 0 Å². The first-order valence-corrected chi connectivity index (χ1v) is 4.02. The Morgan fingerprint density at radius 2 is 2.20 bits per heavy atom. The number of nitrogens with zero attached hydrogens (tertiary/aromatic N) is 1. The van der Waals surface area contributed by atoms with Crippen LogP contribution in [0.1, 0.15) is 12.8 Å². The Kier molecular flexibility index (Phi) is 1.50. The lowest BCUT2D eigenvalue weighted by Gasteiger charge is -2.19. The van der Waals surface area contributed by atoms with Crippen molar-refractivity contribution in [1.29, 1.82) is 0 Å². The first-order valence-electron chi connectivity index (χ1n) is 4.02. The molecule has 0 saturated heterocycles. The van der Waals surface area contributed by atoms with E-state index in [0.717, 1.165) is 12.5 Å². The lowest BCUT2D eigenvalue weighted by atomic mass is 10.3. The minimum absolute atomic E-state index is 1.01. The van der Waals surface area contributed by atoms with Gasteiger partial charge in [0, 0.05) is 13.1 Å². The van der Waals surface area contributed by atoms with Crippen molar-refractivity contribution in [1.82, 2.24) is 4.90 Å². The summed E-state index contributed by atoms with van der Waals surface area (Å²) >= 11 is 0. The van der Waals surface area contributed by atoms with Gasteiger partial charge in [-0.25, -0.2) is 0 Å². The fraction of sp³-hybridized carbons (Fsp3) is 0.556. The number of allylic oxidation sites excluding steroid dienone is 2. The molecular weight excluding hydrogens is 122 g/mol. The molecule has 1 aliphatic carbocycles. The molecule has 0 unspecified atom stereocenters. The van der Waals surface area contributed by atoms with Crippen molar-refractivity contribution in [2.24, 2.45) is 5.92 Å². The van der Waals surface area contributed by atoms with Crippen molar-refractivity contribution in [3.05, 3.63) is 24.4 Å². The number of hydrogen-bond donors (Lipinski definition) is 0. The Labute approximate surface area is 62.0 Å². The van der Waals surface area contributed by atoms with E-state index in [1.165, 1.54) is 19.4 Å². The summed E-state index contributed by atoms with van der Waals surface area (Å²) in [4.78, 5) is 2.39. The van der Waals surface area contributed by atoms with E-state index in [-0.39, 0.29) is 0 Å². The van der Waals surface area contributed by atoms with Crippen LogP contribution in [0, 0.1) is 5.92 Å². The van der Waals surface area contributed by atoms with Crippen LogP contribution in [-0.2, 0) is 0 Å². The quantitative estimate of drug-likeness (QED) is 0.558. The SMILES string of the molecule is C1=CCN(CC2CC2)C=C1. The molecule has 0 N–H and O–H groups in total. The molecule has 0 radical (unpaired) electrons. The zero-order valence-corrected chi connectivity index (χ0v) is 6.16. The van der Waals surface area contributed by atoms with Gasteiger partial charge in [0.2, 0.25) is 0 Å². The van der Waals surface area contributed by atoms with Gasteiger partial charge in [0.25, 0.3) is 0 Å². The first kappa shape index (κ1) is 6.02. The van der Waals surface area contributed by atoms with Gasteiger partial charge in [-0.1, -0.05) is 12.2 Å². The molecule has 1 heterocycles.